The molecule has 17 heavy (non-hydrogen) atoms. The van der Waals surface area contributed by atoms with Crippen molar-refractivity contribution in [1.29, 1.82) is 0 Å². The Hall–Kier alpha value is -1.14. The van der Waals surface area contributed by atoms with Crippen LogP contribution in [0.15, 0.2) is 0 Å². The minimum Gasteiger partial charge on any atom is -0.453 e. The number of aliphatic hydroxyl groups is 1. The van der Waals surface area contributed by atoms with Crippen molar-refractivity contribution in [3.05, 3.63) is 0 Å². The third-order valence-electron chi connectivity index (χ3n) is 2.98. The molecule has 1 saturated heterocycles. The SMILES string of the molecule is COC(=O)NC(=O)CN1CCCCC1CCO. The Morgan fingerprint density at radius 1 is 1.47 bits per heavy atom. The molecule has 0 bridgehead atoms. The first-order valence-corrected chi connectivity index (χ1v) is 5.90. The summed E-state index contributed by atoms with van der Waals surface area (Å²) in [5.74, 6) is -0.360. The van der Waals surface area contributed by atoms with Gasteiger partial charge in [-0.15, -0.1) is 0 Å². The van der Waals surface area contributed by atoms with Gasteiger partial charge in [-0.05, 0) is 25.8 Å². The summed E-state index contributed by atoms with van der Waals surface area (Å²) in [4.78, 5) is 24.4. The number of methoxy groups -OCH3 is 1. The summed E-state index contributed by atoms with van der Waals surface area (Å²) in [5.41, 5.74) is 0. The van der Waals surface area contributed by atoms with Gasteiger partial charge < -0.3 is 9.84 Å². The lowest BCUT2D eigenvalue weighted by Gasteiger charge is -2.34. The average molecular weight is 244 g/mol. The van der Waals surface area contributed by atoms with Gasteiger partial charge in [-0.2, -0.15) is 0 Å². The topological polar surface area (TPSA) is 78.9 Å². The molecular formula is C11H20N2O4. The van der Waals surface area contributed by atoms with Crippen molar-refractivity contribution in [2.75, 3.05) is 26.8 Å². The molecule has 1 rings (SSSR count). The number of rotatable bonds is 4. The quantitative estimate of drug-likeness (QED) is 0.733. The van der Waals surface area contributed by atoms with Crippen LogP contribution in [0.25, 0.3) is 0 Å². The van der Waals surface area contributed by atoms with Crippen LogP contribution >= 0.6 is 0 Å². The standard InChI is InChI=1S/C11H20N2O4/c1-17-11(16)12-10(15)8-13-6-3-2-4-9(13)5-7-14/h9,14H,2-8H2,1H3,(H,12,15,16). The van der Waals surface area contributed by atoms with Crippen molar-refractivity contribution >= 4 is 12.0 Å². The number of ether oxygens (including phenoxy) is 1. The minimum atomic E-state index is -0.731. The van der Waals surface area contributed by atoms with Crippen molar-refractivity contribution in [2.45, 2.75) is 31.7 Å². The molecule has 1 aliphatic heterocycles. The lowest BCUT2D eigenvalue weighted by Crippen LogP contribution is -2.47. The molecule has 1 atom stereocenters. The Labute approximate surface area is 101 Å². The molecule has 0 aliphatic carbocycles. The van der Waals surface area contributed by atoms with Crippen LogP contribution < -0.4 is 5.32 Å². The van der Waals surface area contributed by atoms with Crippen molar-refractivity contribution < 1.29 is 19.4 Å². The van der Waals surface area contributed by atoms with Crippen LogP contribution in [0.4, 0.5) is 4.79 Å². The number of nitrogens with one attached hydrogen (secondary N) is 1. The second-order valence-corrected chi connectivity index (χ2v) is 4.17. The number of piperidine rings is 1. The summed E-state index contributed by atoms with van der Waals surface area (Å²) in [6.07, 6.45) is 3.11. The largest absolute Gasteiger partial charge is 0.453 e. The molecule has 98 valence electrons. The van der Waals surface area contributed by atoms with Gasteiger partial charge in [0.15, 0.2) is 0 Å². The second kappa shape index (κ2) is 7.24. The van der Waals surface area contributed by atoms with Crippen LogP contribution in [-0.2, 0) is 9.53 Å². The Bertz CT molecular complexity index is 268. The molecule has 0 aromatic carbocycles. The fourth-order valence-electron chi connectivity index (χ4n) is 2.13. The lowest BCUT2D eigenvalue weighted by atomic mass is 10.00. The maximum Gasteiger partial charge on any atom is 0.413 e. The molecule has 0 aromatic heterocycles. The fourth-order valence-corrected chi connectivity index (χ4v) is 2.13. The number of imide groups is 1. The molecule has 6 nitrogen and oxygen atoms in total. The van der Waals surface area contributed by atoms with Crippen LogP contribution in [0.1, 0.15) is 25.7 Å². The van der Waals surface area contributed by atoms with E-state index >= 15 is 0 Å². The zero-order chi connectivity index (χ0) is 12.7. The van der Waals surface area contributed by atoms with Crippen molar-refractivity contribution in [1.82, 2.24) is 10.2 Å². The summed E-state index contributed by atoms with van der Waals surface area (Å²) < 4.78 is 4.35. The van der Waals surface area contributed by atoms with Gasteiger partial charge in [0.25, 0.3) is 0 Å². The third-order valence-corrected chi connectivity index (χ3v) is 2.98. The predicted octanol–water partition coefficient (Wildman–Crippen LogP) is 0.106. The highest BCUT2D eigenvalue weighted by molar-refractivity contribution is 5.92. The summed E-state index contributed by atoms with van der Waals surface area (Å²) >= 11 is 0. The first kappa shape index (κ1) is 13.9. The first-order valence-electron chi connectivity index (χ1n) is 5.90. The van der Waals surface area contributed by atoms with Crippen LogP contribution in [0.3, 0.4) is 0 Å². The molecule has 1 unspecified atom stereocenters. The van der Waals surface area contributed by atoms with E-state index in [0.29, 0.717) is 6.42 Å². The summed E-state index contributed by atoms with van der Waals surface area (Å²) in [6, 6.07) is 0.233. The molecule has 2 N–H and O–H groups in total. The second-order valence-electron chi connectivity index (χ2n) is 4.17. The maximum absolute atomic E-state index is 11.5. The van der Waals surface area contributed by atoms with Gasteiger partial charge in [-0.25, -0.2) is 4.79 Å². The highest BCUT2D eigenvalue weighted by Crippen LogP contribution is 2.18. The number of amides is 2. The van der Waals surface area contributed by atoms with E-state index in [0.717, 1.165) is 25.8 Å². The lowest BCUT2D eigenvalue weighted by molar-refractivity contribution is -0.122. The Morgan fingerprint density at radius 3 is 2.88 bits per heavy atom. The molecule has 0 radical (unpaired) electrons. The van der Waals surface area contributed by atoms with Crippen molar-refractivity contribution in [2.24, 2.45) is 0 Å². The van der Waals surface area contributed by atoms with Crippen molar-refractivity contribution in [3.8, 4) is 0 Å². The smallest absolute Gasteiger partial charge is 0.413 e. The van der Waals surface area contributed by atoms with Gasteiger partial charge >= 0.3 is 6.09 Å². The molecule has 2 amide bonds. The van der Waals surface area contributed by atoms with E-state index in [-0.39, 0.29) is 25.1 Å². The van der Waals surface area contributed by atoms with Crippen LogP contribution in [0, 0.1) is 0 Å². The zero-order valence-electron chi connectivity index (χ0n) is 10.1. The first-order chi connectivity index (χ1) is 8.17. The molecule has 1 aliphatic rings. The number of aliphatic hydroxyl groups excluding tert-OH is 1. The molecular weight excluding hydrogens is 224 g/mol. The summed E-state index contributed by atoms with van der Waals surface area (Å²) in [7, 11) is 1.22. The van der Waals surface area contributed by atoms with Gasteiger partial charge in [0.05, 0.1) is 13.7 Å². The minimum absolute atomic E-state index is 0.125. The predicted molar refractivity (Wildman–Crippen MR) is 61.5 cm³/mol. The molecule has 0 saturated carbocycles. The van der Waals surface area contributed by atoms with Crippen LogP contribution in [0.5, 0.6) is 0 Å². The number of nitrogens with zero attached hydrogens (tertiary/aromatic N) is 1. The Morgan fingerprint density at radius 2 is 2.24 bits per heavy atom. The van der Waals surface area contributed by atoms with Crippen LogP contribution in [0.2, 0.25) is 0 Å². The monoisotopic (exact) mass is 244 g/mol. The van der Waals surface area contributed by atoms with Gasteiger partial charge in [-0.1, -0.05) is 6.42 Å². The van der Waals surface area contributed by atoms with E-state index in [1.54, 1.807) is 0 Å². The fraction of sp³-hybridized carbons (Fsp3) is 0.818. The summed E-state index contributed by atoms with van der Waals surface area (Å²) in [5, 5.41) is 11.1. The number of hydrogen-bond acceptors (Lipinski definition) is 5. The molecule has 6 heteroatoms. The molecule has 0 spiro atoms. The normalized spacial score (nSPS) is 20.9. The number of likely N-dealkylation sites (tertiary alicyclic amines) is 1. The van der Waals surface area contributed by atoms with Crippen molar-refractivity contribution in [3.63, 3.8) is 0 Å². The van der Waals surface area contributed by atoms with Gasteiger partial charge in [0, 0.05) is 12.6 Å². The number of alkyl carbamates (subject to hydrolysis) is 1. The zero-order valence-corrected chi connectivity index (χ0v) is 10.1. The van der Waals surface area contributed by atoms with E-state index in [2.05, 4.69) is 10.1 Å². The molecule has 0 aromatic rings. The van der Waals surface area contributed by atoms with E-state index < -0.39 is 6.09 Å². The summed E-state index contributed by atoms with van der Waals surface area (Å²) in [6.45, 7) is 1.14. The van der Waals surface area contributed by atoms with Crippen LogP contribution in [-0.4, -0.2) is 54.9 Å². The van der Waals surface area contributed by atoms with Gasteiger partial charge in [-0.3, -0.25) is 15.0 Å². The van der Waals surface area contributed by atoms with E-state index in [4.69, 9.17) is 5.11 Å². The third kappa shape index (κ3) is 4.70. The number of carbonyl (C=O) groups excluding carboxylic acids is 2. The van der Waals surface area contributed by atoms with E-state index in [1.807, 2.05) is 4.90 Å². The number of hydrogen-bond donors (Lipinski definition) is 2. The Balaban J connectivity index is 2.41. The van der Waals surface area contributed by atoms with Gasteiger partial charge in [0.1, 0.15) is 0 Å². The average Bonchev–Trinajstić information content (AvgIpc) is 2.31. The molecule has 1 fully saturated rings. The molecule has 1 heterocycles. The van der Waals surface area contributed by atoms with E-state index in [1.165, 1.54) is 7.11 Å². The Kier molecular flexibility index (Phi) is 5.93. The number of carbonyl (C=O) groups is 2. The highest BCUT2D eigenvalue weighted by atomic mass is 16.5. The van der Waals surface area contributed by atoms with Gasteiger partial charge in [0.2, 0.25) is 5.91 Å². The maximum atomic E-state index is 11.5. The van der Waals surface area contributed by atoms with E-state index in [9.17, 15) is 9.59 Å². The highest BCUT2D eigenvalue weighted by Gasteiger charge is 2.24.